The number of ketones is 1. The zero-order chi connectivity index (χ0) is 21.8. The van der Waals surface area contributed by atoms with Crippen LogP contribution in [0.5, 0.6) is 0 Å². The van der Waals surface area contributed by atoms with Gasteiger partial charge >= 0.3 is 0 Å². The lowest BCUT2D eigenvalue weighted by atomic mass is 9.81. The van der Waals surface area contributed by atoms with Crippen molar-refractivity contribution in [3.8, 4) is 6.07 Å². The van der Waals surface area contributed by atoms with Gasteiger partial charge < -0.3 is 15.4 Å². The Kier molecular flexibility index (Phi) is 6.64. The minimum absolute atomic E-state index is 0.0201. The molecule has 0 bridgehead atoms. The average Bonchev–Trinajstić information content (AvgIpc) is 3.60. The Balaban J connectivity index is 1.64. The molecule has 1 aliphatic heterocycles. The van der Waals surface area contributed by atoms with Crippen LogP contribution in [0.3, 0.4) is 0 Å². The SMILES string of the molecule is N#CC1=C(c2cccc(F)c2)C2=CC(OCCCCCCN)C(=O)CC2=CN1C1CC1. The predicted molar refractivity (Wildman–Crippen MR) is 117 cm³/mol. The van der Waals surface area contributed by atoms with Gasteiger partial charge in [-0.15, -0.1) is 0 Å². The van der Waals surface area contributed by atoms with E-state index < -0.39 is 6.10 Å². The molecule has 0 spiro atoms. The second-order valence-corrected chi connectivity index (χ2v) is 8.36. The molecule has 0 amide bonds. The van der Waals surface area contributed by atoms with Gasteiger partial charge in [0.1, 0.15) is 23.7 Å². The molecule has 0 aromatic heterocycles. The molecule has 1 heterocycles. The first-order valence-electron chi connectivity index (χ1n) is 11.1. The van der Waals surface area contributed by atoms with Crippen LogP contribution in [0.1, 0.15) is 50.5 Å². The number of nitriles is 1. The molecule has 1 aromatic carbocycles. The summed E-state index contributed by atoms with van der Waals surface area (Å²) >= 11 is 0. The van der Waals surface area contributed by atoms with Gasteiger partial charge in [0, 0.05) is 30.8 Å². The summed E-state index contributed by atoms with van der Waals surface area (Å²) in [7, 11) is 0. The van der Waals surface area contributed by atoms with E-state index in [1.54, 1.807) is 6.07 Å². The number of halogens is 1. The van der Waals surface area contributed by atoms with Gasteiger partial charge in [-0.2, -0.15) is 5.26 Å². The van der Waals surface area contributed by atoms with Crippen LogP contribution in [-0.2, 0) is 9.53 Å². The topological polar surface area (TPSA) is 79.3 Å². The van der Waals surface area contributed by atoms with E-state index in [2.05, 4.69) is 6.07 Å². The maximum atomic E-state index is 14.0. The number of hydrogen-bond donors (Lipinski definition) is 1. The smallest absolute Gasteiger partial charge is 0.169 e. The minimum Gasteiger partial charge on any atom is -0.366 e. The third-order valence-corrected chi connectivity index (χ3v) is 5.96. The molecule has 1 unspecified atom stereocenters. The molecule has 1 atom stereocenters. The zero-order valence-corrected chi connectivity index (χ0v) is 17.6. The largest absolute Gasteiger partial charge is 0.366 e. The second kappa shape index (κ2) is 9.59. The number of unbranched alkanes of at least 4 members (excludes halogenated alkanes) is 3. The molecule has 2 aliphatic carbocycles. The highest BCUT2D eigenvalue weighted by molar-refractivity contribution is 5.98. The van der Waals surface area contributed by atoms with Crippen LogP contribution in [0.2, 0.25) is 0 Å². The third-order valence-electron chi connectivity index (χ3n) is 5.96. The van der Waals surface area contributed by atoms with E-state index >= 15 is 0 Å². The number of benzene rings is 1. The Morgan fingerprint density at radius 2 is 2.03 bits per heavy atom. The van der Waals surface area contributed by atoms with Crippen molar-refractivity contribution in [2.45, 2.75) is 57.1 Å². The number of nitrogens with two attached hydrogens (primary N) is 1. The monoisotopic (exact) mass is 421 g/mol. The lowest BCUT2D eigenvalue weighted by Crippen LogP contribution is -2.32. The van der Waals surface area contributed by atoms with Crippen molar-refractivity contribution in [2.24, 2.45) is 5.73 Å². The molecule has 1 fully saturated rings. The van der Waals surface area contributed by atoms with Gasteiger partial charge in [-0.3, -0.25) is 4.79 Å². The van der Waals surface area contributed by atoms with Crippen molar-refractivity contribution >= 4 is 11.4 Å². The lowest BCUT2D eigenvalue weighted by Gasteiger charge is -2.34. The number of hydrogen-bond acceptors (Lipinski definition) is 5. The fraction of sp³-hybridized carbons (Fsp3) is 0.440. The Bertz CT molecular complexity index is 985. The van der Waals surface area contributed by atoms with Gasteiger partial charge in [-0.05, 0) is 67.1 Å². The summed E-state index contributed by atoms with van der Waals surface area (Å²) in [5.74, 6) is -0.333. The second-order valence-electron chi connectivity index (χ2n) is 8.36. The van der Waals surface area contributed by atoms with Crippen LogP contribution in [0.15, 0.2) is 53.4 Å². The lowest BCUT2D eigenvalue weighted by molar-refractivity contribution is -0.127. The number of carbonyl (C=O) groups is 1. The highest BCUT2D eigenvalue weighted by Gasteiger charge is 2.38. The van der Waals surface area contributed by atoms with E-state index in [0.29, 0.717) is 30.0 Å². The van der Waals surface area contributed by atoms with E-state index in [1.807, 2.05) is 23.2 Å². The maximum Gasteiger partial charge on any atom is 0.169 e. The third kappa shape index (κ3) is 4.79. The van der Waals surface area contributed by atoms with Crippen LogP contribution in [0.4, 0.5) is 4.39 Å². The Labute approximate surface area is 182 Å². The number of rotatable bonds is 9. The van der Waals surface area contributed by atoms with Crippen molar-refractivity contribution < 1.29 is 13.9 Å². The summed E-state index contributed by atoms with van der Waals surface area (Å²) in [4.78, 5) is 14.7. The van der Waals surface area contributed by atoms with Crippen molar-refractivity contribution in [2.75, 3.05) is 13.2 Å². The molecule has 3 aliphatic rings. The van der Waals surface area contributed by atoms with Gasteiger partial charge in [-0.1, -0.05) is 25.0 Å². The van der Waals surface area contributed by atoms with Crippen molar-refractivity contribution in [3.05, 3.63) is 64.8 Å². The number of fused-ring (bicyclic) bond motifs is 1. The van der Waals surface area contributed by atoms with E-state index in [1.165, 1.54) is 12.1 Å². The summed E-state index contributed by atoms with van der Waals surface area (Å²) in [6.07, 6.45) is 9.33. The molecule has 162 valence electrons. The quantitative estimate of drug-likeness (QED) is 0.604. The van der Waals surface area contributed by atoms with E-state index in [-0.39, 0.29) is 24.1 Å². The molecule has 2 N–H and O–H groups in total. The molecular weight excluding hydrogens is 393 g/mol. The molecule has 31 heavy (non-hydrogen) atoms. The van der Waals surface area contributed by atoms with Gasteiger partial charge in [0.2, 0.25) is 0 Å². The molecule has 0 saturated heterocycles. The highest BCUT2D eigenvalue weighted by Crippen LogP contribution is 2.44. The standard InChI is InChI=1S/C25H28FN3O2/c26-19-7-5-6-17(12-19)25-21-14-24(31-11-4-2-1-3-10-27)23(30)13-18(21)16-29(20-8-9-20)22(25)15-28/h5-7,12,14,16,20,24H,1-4,8-11,13,27H2. The minimum atomic E-state index is -0.641. The van der Waals surface area contributed by atoms with Crippen LogP contribution < -0.4 is 5.73 Å². The van der Waals surface area contributed by atoms with Crippen molar-refractivity contribution in [3.63, 3.8) is 0 Å². The van der Waals surface area contributed by atoms with Crippen LogP contribution in [0.25, 0.3) is 5.57 Å². The van der Waals surface area contributed by atoms with Crippen LogP contribution >= 0.6 is 0 Å². The molecule has 4 rings (SSSR count). The predicted octanol–water partition coefficient (Wildman–Crippen LogP) is 4.23. The number of allylic oxidation sites excluding steroid dienone is 4. The number of nitrogens with zero attached hydrogens (tertiary/aromatic N) is 2. The summed E-state index contributed by atoms with van der Waals surface area (Å²) in [6.45, 7) is 1.19. The van der Waals surface area contributed by atoms with Crippen LogP contribution in [0, 0.1) is 17.1 Å². The normalized spacial score (nSPS) is 20.9. The summed E-state index contributed by atoms with van der Waals surface area (Å²) in [5.41, 5.74) is 9.06. The Hall–Kier alpha value is -2.75. The van der Waals surface area contributed by atoms with Crippen LogP contribution in [-0.4, -0.2) is 36.0 Å². The van der Waals surface area contributed by atoms with E-state index in [9.17, 15) is 14.4 Å². The van der Waals surface area contributed by atoms with Gasteiger partial charge in [0.15, 0.2) is 5.78 Å². The molecule has 6 heteroatoms. The Morgan fingerprint density at radius 3 is 2.74 bits per heavy atom. The van der Waals surface area contributed by atoms with Gasteiger partial charge in [-0.25, -0.2) is 4.39 Å². The summed E-state index contributed by atoms with van der Waals surface area (Å²) in [6, 6.07) is 8.91. The summed E-state index contributed by atoms with van der Waals surface area (Å²) < 4.78 is 19.9. The molecular formula is C25H28FN3O2. The fourth-order valence-electron chi connectivity index (χ4n) is 4.22. The fourth-order valence-corrected chi connectivity index (χ4v) is 4.22. The number of Topliss-reactive ketones (excluding diaryl/α,β-unsaturated/α-hetero) is 1. The highest BCUT2D eigenvalue weighted by atomic mass is 19.1. The summed E-state index contributed by atoms with van der Waals surface area (Å²) in [5, 5.41) is 9.98. The van der Waals surface area contributed by atoms with Gasteiger partial charge in [0.05, 0.1) is 0 Å². The average molecular weight is 422 g/mol. The molecule has 1 aromatic rings. The first-order chi connectivity index (χ1) is 15.1. The van der Waals surface area contributed by atoms with Crippen molar-refractivity contribution in [1.29, 1.82) is 5.26 Å². The first-order valence-corrected chi connectivity index (χ1v) is 11.1. The molecule has 5 nitrogen and oxygen atoms in total. The first kappa shape index (κ1) is 21.5. The Morgan fingerprint density at radius 1 is 1.23 bits per heavy atom. The van der Waals surface area contributed by atoms with Crippen molar-refractivity contribution in [1.82, 2.24) is 4.90 Å². The maximum absolute atomic E-state index is 14.0. The van der Waals surface area contributed by atoms with E-state index in [4.69, 9.17) is 10.5 Å². The number of ether oxygens (including phenoxy) is 1. The molecule has 1 saturated carbocycles. The van der Waals surface area contributed by atoms with E-state index in [0.717, 1.165) is 49.7 Å². The number of carbonyl (C=O) groups excluding carboxylic acids is 1. The zero-order valence-electron chi connectivity index (χ0n) is 17.6. The molecule has 0 radical (unpaired) electrons. The van der Waals surface area contributed by atoms with Gasteiger partial charge in [0.25, 0.3) is 0 Å².